The van der Waals surface area contributed by atoms with Crippen molar-refractivity contribution < 1.29 is 13.2 Å². The molecule has 1 aromatic carbocycles. The van der Waals surface area contributed by atoms with Gasteiger partial charge in [-0.3, -0.25) is 4.99 Å². The minimum Gasteiger partial charge on any atom is -0.265 e. The van der Waals surface area contributed by atoms with E-state index in [0.29, 0.717) is 10.6 Å². The van der Waals surface area contributed by atoms with Gasteiger partial charge < -0.3 is 0 Å². The fraction of sp³-hybridized carbons (Fsp3) is 0.222. The Morgan fingerprint density at radius 3 is 2.40 bits per heavy atom. The lowest BCUT2D eigenvalue weighted by Gasteiger charge is -2.04. The van der Waals surface area contributed by atoms with Crippen molar-refractivity contribution in [2.24, 2.45) is 4.99 Å². The molecule has 1 rings (SSSR count). The first-order valence-corrected chi connectivity index (χ1v) is 4.67. The Labute approximate surface area is 94.5 Å². The summed E-state index contributed by atoms with van der Waals surface area (Å²) in [4.78, 5) is 3.20. The molecular weight excluding hydrogens is 250 g/mol. The van der Waals surface area contributed by atoms with Crippen molar-refractivity contribution in [3.05, 3.63) is 34.9 Å². The summed E-state index contributed by atoms with van der Waals surface area (Å²) in [5.41, 5.74) is 0.501. The molecule has 0 fully saturated rings. The van der Waals surface area contributed by atoms with Crippen LogP contribution in [0.15, 0.2) is 29.3 Å². The normalized spacial score (nSPS) is 13.0. The zero-order chi connectivity index (χ0) is 11.5. The van der Waals surface area contributed by atoms with Crippen LogP contribution in [0.4, 0.5) is 13.2 Å². The Morgan fingerprint density at radius 1 is 1.27 bits per heavy atom. The molecule has 0 N–H and O–H groups in total. The third-order valence-electron chi connectivity index (χ3n) is 1.58. The highest BCUT2D eigenvalue weighted by molar-refractivity contribution is 6.66. The van der Waals surface area contributed by atoms with Gasteiger partial charge in [0.2, 0.25) is 5.17 Å². The van der Waals surface area contributed by atoms with Crippen LogP contribution in [0.25, 0.3) is 0 Å². The monoisotopic (exact) mass is 255 g/mol. The first kappa shape index (κ1) is 12.3. The predicted molar refractivity (Wildman–Crippen MR) is 54.5 cm³/mol. The van der Waals surface area contributed by atoms with Gasteiger partial charge in [-0.2, -0.15) is 13.2 Å². The molecule has 1 nitrogen and oxygen atoms in total. The Morgan fingerprint density at radius 2 is 1.87 bits per heavy atom. The first-order chi connectivity index (χ1) is 6.91. The van der Waals surface area contributed by atoms with Crippen LogP contribution in [0.1, 0.15) is 5.56 Å². The number of rotatable bonds is 2. The van der Waals surface area contributed by atoms with Gasteiger partial charge in [-0.25, -0.2) is 0 Å². The van der Waals surface area contributed by atoms with Crippen LogP contribution in [0.2, 0.25) is 5.02 Å². The molecule has 0 unspecified atom stereocenters. The van der Waals surface area contributed by atoms with Gasteiger partial charge in [0.05, 0.1) is 6.54 Å². The quantitative estimate of drug-likeness (QED) is 0.708. The molecule has 0 amide bonds. The Kier molecular flexibility index (Phi) is 3.99. The minimum absolute atomic E-state index is 0.183. The predicted octanol–water partition coefficient (Wildman–Crippen LogP) is 4.04. The Balaban J connectivity index is 2.77. The van der Waals surface area contributed by atoms with E-state index < -0.39 is 11.3 Å². The molecule has 15 heavy (non-hydrogen) atoms. The van der Waals surface area contributed by atoms with Gasteiger partial charge in [0.1, 0.15) is 0 Å². The molecule has 1 aromatic rings. The van der Waals surface area contributed by atoms with Gasteiger partial charge in [-0.1, -0.05) is 41.4 Å². The molecule has 6 heteroatoms. The molecule has 0 saturated carbocycles. The fourth-order valence-corrected chi connectivity index (χ4v) is 1.13. The minimum atomic E-state index is -4.59. The maximum atomic E-state index is 12.0. The second-order valence-corrected chi connectivity index (χ2v) is 3.46. The highest BCUT2D eigenvalue weighted by Gasteiger charge is 2.34. The van der Waals surface area contributed by atoms with Crippen molar-refractivity contribution in [3.8, 4) is 0 Å². The van der Waals surface area contributed by atoms with Crippen molar-refractivity contribution in [2.75, 3.05) is 0 Å². The Hall–Kier alpha value is -0.740. The zero-order valence-electron chi connectivity index (χ0n) is 7.35. The second kappa shape index (κ2) is 4.86. The lowest BCUT2D eigenvalue weighted by Crippen LogP contribution is -2.17. The van der Waals surface area contributed by atoms with Gasteiger partial charge in [0, 0.05) is 5.02 Å². The van der Waals surface area contributed by atoms with Gasteiger partial charge in [-0.05, 0) is 11.6 Å². The Bertz CT molecular complexity index is 374. The standard InChI is InChI=1S/C9H6Cl2F3N/c10-7-4-2-1-3-6(7)5-15-8(11)9(12,13)14/h1-4H,5H2. The van der Waals surface area contributed by atoms with Crippen molar-refractivity contribution in [1.82, 2.24) is 0 Å². The maximum absolute atomic E-state index is 12.0. The van der Waals surface area contributed by atoms with Crippen LogP contribution < -0.4 is 0 Å². The van der Waals surface area contributed by atoms with Crippen molar-refractivity contribution >= 4 is 28.4 Å². The van der Waals surface area contributed by atoms with Gasteiger partial charge in [-0.15, -0.1) is 0 Å². The van der Waals surface area contributed by atoms with E-state index in [9.17, 15) is 13.2 Å². The van der Waals surface area contributed by atoms with Crippen LogP contribution in [0.3, 0.4) is 0 Å². The topological polar surface area (TPSA) is 12.4 Å². The summed E-state index contributed by atoms with van der Waals surface area (Å²) in [6.07, 6.45) is -4.59. The van der Waals surface area contributed by atoms with Crippen LogP contribution in [-0.4, -0.2) is 11.3 Å². The summed E-state index contributed by atoms with van der Waals surface area (Å²) in [6, 6.07) is 6.51. The smallest absolute Gasteiger partial charge is 0.265 e. The average Bonchev–Trinajstić information content (AvgIpc) is 2.14. The van der Waals surface area contributed by atoms with Gasteiger partial charge in [0.15, 0.2) is 0 Å². The summed E-state index contributed by atoms with van der Waals surface area (Å²) in [7, 11) is 0. The third kappa shape index (κ3) is 3.72. The molecule has 0 radical (unpaired) electrons. The molecule has 0 heterocycles. The fourth-order valence-electron chi connectivity index (χ4n) is 0.871. The number of halogens is 5. The van der Waals surface area contributed by atoms with Crippen LogP contribution in [0.5, 0.6) is 0 Å². The van der Waals surface area contributed by atoms with E-state index in [0.717, 1.165) is 0 Å². The number of nitrogens with zero attached hydrogens (tertiary/aromatic N) is 1. The summed E-state index contributed by atoms with van der Waals surface area (Å²) in [5.74, 6) is 0. The van der Waals surface area contributed by atoms with E-state index in [1.165, 1.54) is 0 Å². The molecule has 0 aliphatic heterocycles. The summed E-state index contributed by atoms with van der Waals surface area (Å²) < 4.78 is 35.9. The molecule has 0 aromatic heterocycles. The molecule has 0 bridgehead atoms. The average molecular weight is 256 g/mol. The number of benzene rings is 1. The van der Waals surface area contributed by atoms with E-state index in [1.54, 1.807) is 24.3 Å². The number of hydrogen-bond donors (Lipinski definition) is 0. The molecule has 0 saturated heterocycles. The zero-order valence-corrected chi connectivity index (χ0v) is 8.87. The molecule has 0 spiro atoms. The lowest BCUT2D eigenvalue weighted by atomic mass is 10.2. The highest BCUT2D eigenvalue weighted by atomic mass is 35.5. The van der Waals surface area contributed by atoms with Gasteiger partial charge in [0.25, 0.3) is 0 Å². The second-order valence-electron chi connectivity index (χ2n) is 2.70. The summed E-state index contributed by atoms with van der Waals surface area (Å²) in [6.45, 7) is -0.183. The number of hydrogen-bond acceptors (Lipinski definition) is 1. The third-order valence-corrected chi connectivity index (χ3v) is 2.28. The van der Waals surface area contributed by atoms with E-state index in [1.807, 2.05) is 0 Å². The van der Waals surface area contributed by atoms with Crippen molar-refractivity contribution in [1.29, 1.82) is 0 Å². The van der Waals surface area contributed by atoms with Crippen molar-refractivity contribution in [2.45, 2.75) is 12.7 Å². The van der Waals surface area contributed by atoms with E-state index in [-0.39, 0.29) is 6.54 Å². The molecular formula is C9H6Cl2F3N. The SMILES string of the molecule is FC(F)(F)C(Cl)=NCc1ccccc1Cl. The molecule has 0 atom stereocenters. The van der Waals surface area contributed by atoms with E-state index in [4.69, 9.17) is 23.2 Å². The number of alkyl halides is 3. The molecule has 0 aliphatic rings. The summed E-state index contributed by atoms with van der Waals surface area (Å²) >= 11 is 10.7. The molecule has 0 aliphatic carbocycles. The van der Waals surface area contributed by atoms with Gasteiger partial charge >= 0.3 is 6.18 Å². The van der Waals surface area contributed by atoms with E-state index >= 15 is 0 Å². The maximum Gasteiger partial charge on any atom is 0.444 e. The van der Waals surface area contributed by atoms with Crippen LogP contribution >= 0.6 is 23.2 Å². The highest BCUT2D eigenvalue weighted by Crippen LogP contribution is 2.22. The molecule has 82 valence electrons. The van der Waals surface area contributed by atoms with E-state index in [2.05, 4.69) is 4.99 Å². The van der Waals surface area contributed by atoms with Crippen molar-refractivity contribution in [3.63, 3.8) is 0 Å². The number of aliphatic imine (C=N–C) groups is 1. The van der Waals surface area contributed by atoms with Crippen LogP contribution in [-0.2, 0) is 6.54 Å². The lowest BCUT2D eigenvalue weighted by molar-refractivity contribution is -0.0561. The largest absolute Gasteiger partial charge is 0.444 e. The van der Waals surface area contributed by atoms with Crippen LogP contribution in [0, 0.1) is 0 Å². The summed E-state index contributed by atoms with van der Waals surface area (Å²) in [5, 5.41) is -1.00. The first-order valence-electron chi connectivity index (χ1n) is 3.92.